The summed E-state index contributed by atoms with van der Waals surface area (Å²) in [6.07, 6.45) is -0.622. The highest BCUT2D eigenvalue weighted by atomic mass is 16.5. The zero-order chi connectivity index (χ0) is 16.2. The number of carbonyl (C=O) groups excluding carboxylic acids is 1. The van der Waals surface area contributed by atoms with Gasteiger partial charge in [-0.25, -0.2) is 0 Å². The molecule has 2 aromatic rings. The molecule has 1 unspecified atom stereocenters. The Morgan fingerprint density at radius 2 is 2.09 bits per heavy atom. The largest absolute Gasteiger partial charge is 0.481 e. The average molecular weight is 316 g/mol. The quantitative estimate of drug-likeness (QED) is 0.922. The number of aromatic nitrogens is 1. The number of nitrogens with zero attached hydrogens (tertiary/aromatic N) is 2. The van der Waals surface area contributed by atoms with Crippen molar-refractivity contribution in [1.82, 2.24) is 10.1 Å². The zero-order valence-corrected chi connectivity index (χ0v) is 12.3. The highest BCUT2D eigenvalue weighted by Gasteiger charge is 2.28. The first-order valence-corrected chi connectivity index (χ1v) is 7.28. The summed E-state index contributed by atoms with van der Waals surface area (Å²) in [6.45, 7) is 0.953. The normalized spacial score (nSPS) is 17.9. The Morgan fingerprint density at radius 1 is 1.30 bits per heavy atom. The van der Waals surface area contributed by atoms with E-state index in [1.165, 1.54) is 0 Å². The van der Waals surface area contributed by atoms with Crippen LogP contribution in [0.15, 0.2) is 40.9 Å². The number of carboxylic acids is 1. The summed E-state index contributed by atoms with van der Waals surface area (Å²) in [7, 11) is 0. The van der Waals surface area contributed by atoms with Gasteiger partial charge in [-0.15, -0.1) is 0 Å². The maximum Gasteiger partial charge on any atom is 0.306 e. The van der Waals surface area contributed by atoms with Crippen LogP contribution in [0.4, 0.5) is 0 Å². The fourth-order valence-electron chi connectivity index (χ4n) is 2.50. The first-order valence-electron chi connectivity index (χ1n) is 7.28. The van der Waals surface area contributed by atoms with E-state index in [0.717, 1.165) is 5.56 Å². The molecule has 0 radical (unpaired) electrons. The van der Waals surface area contributed by atoms with Crippen LogP contribution in [-0.2, 0) is 9.53 Å². The van der Waals surface area contributed by atoms with Crippen molar-refractivity contribution < 1.29 is 24.0 Å². The third-order valence-electron chi connectivity index (χ3n) is 3.62. The molecular formula is C16H16N2O5. The Bertz CT molecular complexity index is 698. The van der Waals surface area contributed by atoms with Crippen molar-refractivity contribution >= 4 is 11.9 Å². The Balaban J connectivity index is 1.71. The van der Waals surface area contributed by atoms with Crippen molar-refractivity contribution in [2.24, 2.45) is 0 Å². The second-order valence-corrected chi connectivity index (χ2v) is 5.28. The first kappa shape index (κ1) is 15.2. The fourth-order valence-corrected chi connectivity index (χ4v) is 2.50. The average Bonchev–Trinajstić information content (AvgIpc) is 3.04. The highest BCUT2D eigenvalue weighted by molar-refractivity contribution is 5.93. The predicted octanol–water partition coefficient (Wildman–Crippen LogP) is 1.66. The summed E-state index contributed by atoms with van der Waals surface area (Å²) in [6, 6.07) is 11.0. The molecule has 1 fully saturated rings. The molecule has 1 aliphatic rings. The van der Waals surface area contributed by atoms with Crippen LogP contribution in [0.2, 0.25) is 0 Å². The number of ether oxygens (including phenoxy) is 1. The number of carboxylic acid groups (broad SMARTS) is 1. The van der Waals surface area contributed by atoms with Gasteiger partial charge in [0.1, 0.15) is 0 Å². The molecule has 0 spiro atoms. The lowest BCUT2D eigenvalue weighted by molar-refractivity contribution is -0.141. The van der Waals surface area contributed by atoms with Gasteiger partial charge < -0.3 is 19.3 Å². The molecule has 1 N–H and O–H groups in total. The summed E-state index contributed by atoms with van der Waals surface area (Å²) in [5.41, 5.74) is 1.05. The van der Waals surface area contributed by atoms with Gasteiger partial charge in [0.2, 0.25) is 0 Å². The molecule has 120 valence electrons. The second kappa shape index (κ2) is 6.62. The van der Waals surface area contributed by atoms with Crippen LogP contribution in [0.5, 0.6) is 0 Å². The number of benzene rings is 1. The van der Waals surface area contributed by atoms with Gasteiger partial charge >= 0.3 is 5.97 Å². The molecule has 7 heteroatoms. The molecule has 0 aliphatic carbocycles. The van der Waals surface area contributed by atoms with Gasteiger partial charge in [0.15, 0.2) is 11.5 Å². The molecule has 1 aliphatic heterocycles. The minimum atomic E-state index is -0.947. The van der Waals surface area contributed by atoms with E-state index in [4.69, 9.17) is 14.4 Å². The molecule has 1 saturated heterocycles. The van der Waals surface area contributed by atoms with E-state index in [2.05, 4.69) is 5.16 Å². The predicted molar refractivity (Wildman–Crippen MR) is 79.8 cm³/mol. The Hall–Kier alpha value is -2.67. The van der Waals surface area contributed by atoms with E-state index < -0.39 is 12.1 Å². The van der Waals surface area contributed by atoms with Crippen molar-refractivity contribution in [3.63, 3.8) is 0 Å². The van der Waals surface area contributed by atoms with E-state index in [0.29, 0.717) is 18.9 Å². The van der Waals surface area contributed by atoms with Crippen LogP contribution in [-0.4, -0.2) is 52.8 Å². The summed E-state index contributed by atoms with van der Waals surface area (Å²) in [4.78, 5) is 24.8. The molecule has 0 bridgehead atoms. The van der Waals surface area contributed by atoms with Gasteiger partial charge in [-0.2, -0.15) is 0 Å². The lowest BCUT2D eigenvalue weighted by atomic mass is 10.1. The summed E-state index contributed by atoms with van der Waals surface area (Å²) >= 11 is 0. The SMILES string of the molecule is O=C(O)CC1CN(C(=O)c2cc(-c3ccccc3)on2)CCO1. The molecule has 23 heavy (non-hydrogen) atoms. The number of amides is 1. The van der Waals surface area contributed by atoms with E-state index in [9.17, 15) is 9.59 Å². The van der Waals surface area contributed by atoms with Crippen LogP contribution >= 0.6 is 0 Å². The number of morpholine rings is 1. The van der Waals surface area contributed by atoms with Crippen LogP contribution < -0.4 is 0 Å². The van der Waals surface area contributed by atoms with Gasteiger partial charge in [-0.05, 0) is 0 Å². The van der Waals surface area contributed by atoms with Crippen molar-refractivity contribution in [2.75, 3.05) is 19.7 Å². The zero-order valence-electron chi connectivity index (χ0n) is 12.3. The summed E-state index contributed by atoms with van der Waals surface area (Å²) < 4.78 is 10.6. The standard InChI is InChI=1S/C16H16N2O5/c19-15(20)8-12-10-18(6-7-22-12)16(21)13-9-14(23-17-13)11-4-2-1-3-5-11/h1-5,9,12H,6-8,10H2,(H,19,20). The van der Waals surface area contributed by atoms with Crippen molar-refractivity contribution in [1.29, 1.82) is 0 Å². The van der Waals surface area contributed by atoms with Gasteiger partial charge in [-0.3, -0.25) is 9.59 Å². The Kier molecular flexibility index (Phi) is 4.38. The van der Waals surface area contributed by atoms with Gasteiger partial charge in [0.25, 0.3) is 5.91 Å². The monoisotopic (exact) mass is 316 g/mol. The molecule has 1 aromatic carbocycles. The minimum absolute atomic E-state index is 0.127. The van der Waals surface area contributed by atoms with E-state index in [1.54, 1.807) is 11.0 Å². The third-order valence-corrected chi connectivity index (χ3v) is 3.62. The smallest absolute Gasteiger partial charge is 0.306 e. The maximum atomic E-state index is 12.5. The number of carbonyl (C=O) groups is 2. The van der Waals surface area contributed by atoms with E-state index in [1.807, 2.05) is 30.3 Å². The summed E-state index contributed by atoms with van der Waals surface area (Å²) in [5, 5.41) is 12.7. The molecule has 0 saturated carbocycles. The minimum Gasteiger partial charge on any atom is -0.481 e. The van der Waals surface area contributed by atoms with E-state index >= 15 is 0 Å². The van der Waals surface area contributed by atoms with Crippen molar-refractivity contribution in [2.45, 2.75) is 12.5 Å². The van der Waals surface area contributed by atoms with Crippen molar-refractivity contribution in [3.8, 4) is 11.3 Å². The van der Waals surface area contributed by atoms with Crippen molar-refractivity contribution in [3.05, 3.63) is 42.1 Å². The second-order valence-electron chi connectivity index (χ2n) is 5.28. The van der Waals surface area contributed by atoms with Gasteiger partial charge in [0, 0.05) is 24.7 Å². The summed E-state index contributed by atoms with van der Waals surface area (Å²) in [5.74, 6) is -0.712. The number of hydrogen-bond donors (Lipinski definition) is 1. The molecular weight excluding hydrogens is 300 g/mol. The molecule has 2 heterocycles. The van der Waals surface area contributed by atoms with Crippen LogP contribution in [0, 0.1) is 0 Å². The molecule has 1 aromatic heterocycles. The number of aliphatic carboxylic acids is 1. The topological polar surface area (TPSA) is 92.9 Å². The molecule has 1 amide bonds. The maximum absolute atomic E-state index is 12.5. The molecule has 7 nitrogen and oxygen atoms in total. The van der Waals surface area contributed by atoms with E-state index in [-0.39, 0.29) is 24.6 Å². The number of rotatable bonds is 4. The molecule has 1 atom stereocenters. The van der Waals surface area contributed by atoms with Crippen LogP contribution in [0.25, 0.3) is 11.3 Å². The lowest BCUT2D eigenvalue weighted by Gasteiger charge is -2.31. The Morgan fingerprint density at radius 3 is 2.83 bits per heavy atom. The van der Waals surface area contributed by atoms with Gasteiger partial charge in [0.05, 0.1) is 19.1 Å². The van der Waals surface area contributed by atoms with Crippen LogP contribution in [0.1, 0.15) is 16.9 Å². The first-order chi connectivity index (χ1) is 11.1. The third kappa shape index (κ3) is 3.57. The molecule has 3 rings (SSSR count). The van der Waals surface area contributed by atoms with Gasteiger partial charge in [-0.1, -0.05) is 35.5 Å². The van der Waals surface area contributed by atoms with Crippen LogP contribution in [0.3, 0.4) is 0 Å². The highest BCUT2D eigenvalue weighted by Crippen LogP contribution is 2.21. The Labute approximate surface area is 132 Å². The fraction of sp³-hybridized carbons (Fsp3) is 0.312. The lowest BCUT2D eigenvalue weighted by Crippen LogP contribution is -2.46. The number of hydrogen-bond acceptors (Lipinski definition) is 5.